The Morgan fingerprint density at radius 1 is 1.15 bits per heavy atom. The zero-order valence-corrected chi connectivity index (χ0v) is 8.26. The average molecular weight is 196 g/mol. The van der Waals surface area contributed by atoms with Gasteiger partial charge in [0.15, 0.2) is 0 Å². The molecule has 1 nitrogen and oxygen atoms in total. The maximum Gasteiger partial charge on any atom is 0.0300 e. The molecular weight excluding hydrogens is 182 g/mol. The van der Waals surface area contributed by atoms with Crippen LogP contribution in [0, 0.1) is 0 Å². The highest BCUT2D eigenvalue weighted by Gasteiger charge is 2.15. The Morgan fingerprint density at radius 3 is 2.38 bits per heavy atom. The minimum absolute atomic E-state index is 0. The van der Waals surface area contributed by atoms with Crippen LogP contribution in [-0.2, 0) is 0 Å². The first-order chi connectivity index (χ1) is 5.88. The van der Waals surface area contributed by atoms with Crippen LogP contribution in [0.5, 0.6) is 0 Å². The second-order valence-corrected chi connectivity index (χ2v) is 3.21. The van der Waals surface area contributed by atoms with E-state index in [1.807, 2.05) is 6.07 Å². The number of hydrogen-bond acceptors (Lipinski definition) is 1. The fourth-order valence-corrected chi connectivity index (χ4v) is 1.69. The zero-order valence-electron chi connectivity index (χ0n) is 7.44. The summed E-state index contributed by atoms with van der Waals surface area (Å²) >= 11 is 0. The largest absolute Gasteiger partial charge is 0.324 e. The summed E-state index contributed by atoms with van der Waals surface area (Å²) in [4.78, 5) is 0. The normalized spacial score (nSPS) is 20.7. The average Bonchev–Trinajstić information content (AvgIpc) is 2.53. The van der Waals surface area contributed by atoms with Gasteiger partial charge in [0, 0.05) is 6.04 Å². The first kappa shape index (κ1) is 10.3. The molecule has 1 unspecified atom stereocenters. The van der Waals surface area contributed by atoms with E-state index >= 15 is 0 Å². The van der Waals surface area contributed by atoms with Gasteiger partial charge >= 0.3 is 0 Å². The van der Waals surface area contributed by atoms with Gasteiger partial charge in [-0.1, -0.05) is 36.4 Å². The quantitative estimate of drug-likeness (QED) is 0.733. The van der Waals surface area contributed by atoms with E-state index < -0.39 is 0 Å². The second kappa shape index (κ2) is 4.45. The molecule has 0 radical (unpaired) electrons. The van der Waals surface area contributed by atoms with Crippen LogP contribution in [-0.4, -0.2) is 6.04 Å². The van der Waals surface area contributed by atoms with Crippen LogP contribution in [0.2, 0.25) is 0 Å². The molecule has 1 aromatic rings. The van der Waals surface area contributed by atoms with E-state index in [2.05, 4.69) is 30.3 Å². The number of nitrogens with two attached hydrogens (primary N) is 1. The van der Waals surface area contributed by atoms with Crippen molar-refractivity contribution < 1.29 is 0 Å². The molecule has 2 N–H and O–H groups in total. The van der Waals surface area contributed by atoms with Gasteiger partial charge in [0.05, 0.1) is 0 Å². The monoisotopic (exact) mass is 195 g/mol. The molecule has 0 heterocycles. The lowest BCUT2D eigenvalue weighted by Crippen LogP contribution is -2.17. The molecule has 70 valence electrons. The lowest BCUT2D eigenvalue weighted by molar-refractivity contribution is 0.791. The van der Waals surface area contributed by atoms with Gasteiger partial charge in [0.25, 0.3) is 0 Å². The van der Waals surface area contributed by atoms with Crippen LogP contribution in [0.4, 0.5) is 0 Å². The highest BCUT2D eigenvalue weighted by atomic mass is 35.5. The lowest BCUT2D eigenvalue weighted by Gasteiger charge is -2.08. The molecule has 13 heavy (non-hydrogen) atoms. The molecule has 0 aliphatic heterocycles. The van der Waals surface area contributed by atoms with Gasteiger partial charge in [-0.15, -0.1) is 12.4 Å². The summed E-state index contributed by atoms with van der Waals surface area (Å²) in [6.07, 6.45) is 4.48. The molecular formula is C11H14ClN. The van der Waals surface area contributed by atoms with Crippen LogP contribution in [0.25, 0.3) is 5.57 Å². The topological polar surface area (TPSA) is 26.0 Å². The highest BCUT2D eigenvalue weighted by molar-refractivity contribution is 5.85. The summed E-state index contributed by atoms with van der Waals surface area (Å²) in [6, 6.07) is 10.6. The predicted molar refractivity (Wildman–Crippen MR) is 58.9 cm³/mol. The van der Waals surface area contributed by atoms with Crippen molar-refractivity contribution in [2.24, 2.45) is 5.73 Å². The SMILES string of the molecule is Cl.NC1CCC=C1c1ccccc1. The van der Waals surface area contributed by atoms with Crippen molar-refractivity contribution in [1.82, 2.24) is 0 Å². The molecule has 2 rings (SSSR count). The van der Waals surface area contributed by atoms with Crippen molar-refractivity contribution in [1.29, 1.82) is 0 Å². The van der Waals surface area contributed by atoms with Gasteiger partial charge in [0.2, 0.25) is 0 Å². The fraction of sp³-hybridized carbons (Fsp3) is 0.273. The fourth-order valence-electron chi connectivity index (χ4n) is 1.69. The molecule has 0 saturated carbocycles. The van der Waals surface area contributed by atoms with Crippen LogP contribution in [0.3, 0.4) is 0 Å². The predicted octanol–water partition coefficient (Wildman–Crippen LogP) is 2.61. The van der Waals surface area contributed by atoms with Crippen LogP contribution >= 0.6 is 12.4 Å². The van der Waals surface area contributed by atoms with E-state index in [1.165, 1.54) is 11.1 Å². The molecule has 0 amide bonds. The third-order valence-corrected chi connectivity index (χ3v) is 2.35. The van der Waals surface area contributed by atoms with Crippen molar-refractivity contribution in [3.63, 3.8) is 0 Å². The Hall–Kier alpha value is -0.790. The molecule has 0 aromatic heterocycles. The lowest BCUT2D eigenvalue weighted by atomic mass is 10.0. The van der Waals surface area contributed by atoms with E-state index in [9.17, 15) is 0 Å². The summed E-state index contributed by atoms with van der Waals surface area (Å²) in [5, 5.41) is 0. The number of hydrogen-bond donors (Lipinski definition) is 1. The van der Waals surface area contributed by atoms with Crippen LogP contribution in [0.1, 0.15) is 18.4 Å². The van der Waals surface area contributed by atoms with Crippen LogP contribution < -0.4 is 5.73 Å². The molecule has 2 heteroatoms. The zero-order chi connectivity index (χ0) is 8.39. The van der Waals surface area contributed by atoms with E-state index in [0.717, 1.165) is 12.8 Å². The van der Waals surface area contributed by atoms with Crippen molar-refractivity contribution >= 4 is 18.0 Å². The van der Waals surface area contributed by atoms with Gasteiger partial charge in [-0.25, -0.2) is 0 Å². The molecule has 0 bridgehead atoms. The molecule has 1 aromatic carbocycles. The minimum atomic E-state index is 0. The highest BCUT2D eigenvalue weighted by Crippen LogP contribution is 2.26. The van der Waals surface area contributed by atoms with Gasteiger partial charge in [0.1, 0.15) is 0 Å². The van der Waals surface area contributed by atoms with E-state index in [-0.39, 0.29) is 18.4 Å². The van der Waals surface area contributed by atoms with Gasteiger partial charge in [-0.05, 0) is 24.0 Å². The third kappa shape index (κ3) is 2.11. The van der Waals surface area contributed by atoms with Gasteiger partial charge in [-0.2, -0.15) is 0 Å². The summed E-state index contributed by atoms with van der Waals surface area (Å²) in [5.74, 6) is 0. The number of allylic oxidation sites excluding steroid dienone is 1. The number of rotatable bonds is 1. The number of benzene rings is 1. The third-order valence-electron chi connectivity index (χ3n) is 2.35. The summed E-state index contributed by atoms with van der Waals surface area (Å²) < 4.78 is 0. The van der Waals surface area contributed by atoms with Crippen molar-refractivity contribution in [3.8, 4) is 0 Å². The van der Waals surface area contributed by atoms with Crippen molar-refractivity contribution in [2.75, 3.05) is 0 Å². The van der Waals surface area contributed by atoms with E-state index in [4.69, 9.17) is 5.73 Å². The Kier molecular flexibility index (Phi) is 3.52. The van der Waals surface area contributed by atoms with Gasteiger partial charge < -0.3 is 5.73 Å². The standard InChI is InChI=1S/C11H13N.ClH/c12-11-8-4-7-10(11)9-5-2-1-3-6-9;/h1-3,5-7,11H,4,8,12H2;1H. The maximum atomic E-state index is 5.94. The Labute approximate surface area is 85.1 Å². The summed E-state index contributed by atoms with van der Waals surface area (Å²) in [6.45, 7) is 0. The number of halogens is 1. The minimum Gasteiger partial charge on any atom is -0.324 e. The smallest absolute Gasteiger partial charge is 0.0300 e. The van der Waals surface area contributed by atoms with Gasteiger partial charge in [-0.3, -0.25) is 0 Å². The molecule has 1 aliphatic carbocycles. The van der Waals surface area contributed by atoms with Crippen molar-refractivity contribution in [3.05, 3.63) is 42.0 Å². The molecule has 0 saturated heterocycles. The Bertz CT molecular complexity index is 292. The van der Waals surface area contributed by atoms with E-state index in [0.29, 0.717) is 0 Å². The molecule has 0 fully saturated rings. The first-order valence-corrected chi connectivity index (χ1v) is 4.39. The van der Waals surface area contributed by atoms with E-state index in [1.54, 1.807) is 0 Å². The maximum absolute atomic E-state index is 5.94. The molecule has 0 spiro atoms. The summed E-state index contributed by atoms with van der Waals surface area (Å²) in [7, 11) is 0. The molecule has 1 atom stereocenters. The first-order valence-electron chi connectivity index (χ1n) is 4.39. The molecule has 1 aliphatic rings. The Balaban J connectivity index is 0.000000845. The van der Waals surface area contributed by atoms with Crippen molar-refractivity contribution in [2.45, 2.75) is 18.9 Å². The Morgan fingerprint density at radius 2 is 1.85 bits per heavy atom. The van der Waals surface area contributed by atoms with Crippen LogP contribution in [0.15, 0.2) is 36.4 Å². The second-order valence-electron chi connectivity index (χ2n) is 3.21. The summed E-state index contributed by atoms with van der Waals surface area (Å²) in [5.41, 5.74) is 8.54.